The summed E-state index contributed by atoms with van der Waals surface area (Å²) in [5.41, 5.74) is -0.792. The van der Waals surface area contributed by atoms with Crippen LogP contribution < -0.4 is 5.32 Å². The molecule has 2 aliphatic rings. The van der Waals surface area contributed by atoms with Gasteiger partial charge < -0.3 is 15.0 Å². The van der Waals surface area contributed by atoms with Gasteiger partial charge in [0.05, 0.1) is 6.10 Å². The van der Waals surface area contributed by atoms with Crippen molar-refractivity contribution in [2.45, 2.75) is 64.1 Å². The number of carbonyl (C=O) groups is 2. The van der Waals surface area contributed by atoms with Crippen LogP contribution in [0.4, 0.5) is 0 Å². The zero-order valence-corrected chi connectivity index (χ0v) is 12.1. The maximum atomic E-state index is 12.4. The highest BCUT2D eigenvalue weighted by Crippen LogP contribution is 2.22. The third kappa shape index (κ3) is 2.91. The van der Waals surface area contributed by atoms with Gasteiger partial charge in [-0.25, -0.2) is 0 Å². The lowest BCUT2D eigenvalue weighted by atomic mass is 9.95. The van der Waals surface area contributed by atoms with Crippen LogP contribution in [0.25, 0.3) is 0 Å². The first-order valence-corrected chi connectivity index (χ1v) is 7.20. The lowest BCUT2D eigenvalue weighted by molar-refractivity contribution is -0.154. The minimum atomic E-state index is -0.792. The standard InChI is InChI=1S/C14H24N2O3/c1-4-11-12(17)15-14(2,3)13(18)16(11)8-7-10-6-5-9-19-10/h10-11H,4-9H2,1-3H3,(H,15,17). The average molecular weight is 268 g/mol. The van der Waals surface area contributed by atoms with E-state index in [4.69, 9.17) is 4.74 Å². The van der Waals surface area contributed by atoms with E-state index in [9.17, 15) is 9.59 Å². The molecule has 0 radical (unpaired) electrons. The Morgan fingerprint density at radius 1 is 1.42 bits per heavy atom. The van der Waals surface area contributed by atoms with Crippen LogP contribution in [-0.4, -0.2) is 47.6 Å². The van der Waals surface area contributed by atoms with Gasteiger partial charge in [0.1, 0.15) is 11.6 Å². The SMILES string of the molecule is CCC1C(=O)NC(C)(C)C(=O)N1CCC1CCCO1. The van der Waals surface area contributed by atoms with Crippen LogP contribution in [0.3, 0.4) is 0 Å². The van der Waals surface area contributed by atoms with E-state index in [1.54, 1.807) is 18.7 Å². The molecule has 2 rings (SSSR count). The smallest absolute Gasteiger partial charge is 0.248 e. The summed E-state index contributed by atoms with van der Waals surface area (Å²) in [6, 6.07) is -0.332. The molecule has 108 valence electrons. The van der Waals surface area contributed by atoms with Crippen LogP contribution in [0.15, 0.2) is 0 Å². The third-order valence-corrected chi connectivity index (χ3v) is 4.01. The molecule has 0 aromatic rings. The van der Waals surface area contributed by atoms with Gasteiger partial charge >= 0.3 is 0 Å². The Hall–Kier alpha value is -1.10. The van der Waals surface area contributed by atoms with Gasteiger partial charge in [-0.2, -0.15) is 0 Å². The molecule has 2 saturated heterocycles. The molecule has 0 bridgehead atoms. The van der Waals surface area contributed by atoms with Crippen molar-refractivity contribution in [1.29, 1.82) is 0 Å². The summed E-state index contributed by atoms with van der Waals surface area (Å²) in [5, 5.41) is 2.80. The first-order valence-electron chi connectivity index (χ1n) is 7.20. The van der Waals surface area contributed by atoms with Crippen LogP contribution in [0, 0.1) is 0 Å². The molecule has 0 aromatic heterocycles. The summed E-state index contributed by atoms with van der Waals surface area (Å²) >= 11 is 0. The summed E-state index contributed by atoms with van der Waals surface area (Å²) < 4.78 is 5.59. The Morgan fingerprint density at radius 2 is 2.16 bits per heavy atom. The molecule has 1 N–H and O–H groups in total. The Bertz CT molecular complexity index is 362. The first-order chi connectivity index (χ1) is 8.95. The molecule has 2 unspecified atom stereocenters. The molecule has 5 nitrogen and oxygen atoms in total. The monoisotopic (exact) mass is 268 g/mol. The molecular weight excluding hydrogens is 244 g/mol. The number of hydrogen-bond acceptors (Lipinski definition) is 3. The predicted octanol–water partition coefficient (Wildman–Crippen LogP) is 1.07. The molecule has 0 saturated carbocycles. The van der Waals surface area contributed by atoms with E-state index < -0.39 is 5.54 Å². The van der Waals surface area contributed by atoms with Crippen molar-refractivity contribution in [1.82, 2.24) is 10.2 Å². The maximum absolute atomic E-state index is 12.4. The molecule has 2 amide bonds. The number of nitrogens with one attached hydrogen (secondary N) is 1. The highest BCUT2D eigenvalue weighted by Gasteiger charge is 2.44. The Labute approximate surface area is 114 Å². The summed E-state index contributed by atoms with van der Waals surface area (Å²) in [7, 11) is 0. The number of amides is 2. The fourth-order valence-electron chi connectivity index (χ4n) is 2.91. The fourth-order valence-corrected chi connectivity index (χ4v) is 2.91. The van der Waals surface area contributed by atoms with Gasteiger partial charge in [0, 0.05) is 13.2 Å². The highest BCUT2D eigenvalue weighted by atomic mass is 16.5. The van der Waals surface area contributed by atoms with E-state index in [0.29, 0.717) is 13.0 Å². The van der Waals surface area contributed by atoms with Crippen LogP contribution >= 0.6 is 0 Å². The Morgan fingerprint density at radius 3 is 2.74 bits per heavy atom. The van der Waals surface area contributed by atoms with Gasteiger partial charge in [-0.15, -0.1) is 0 Å². The van der Waals surface area contributed by atoms with E-state index in [0.717, 1.165) is 25.9 Å². The molecule has 19 heavy (non-hydrogen) atoms. The van der Waals surface area contributed by atoms with Gasteiger partial charge in [-0.05, 0) is 39.5 Å². The zero-order chi connectivity index (χ0) is 14.0. The second kappa shape index (κ2) is 5.49. The summed E-state index contributed by atoms with van der Waals surface area (Å²) in [6.07, 6.45) is 3.89. The van der Waals surface area contributed by atoms with Crippen molar-refractivity contribution in [3.8, 4) is 0 Å². The second-order valence-corrected chi connectivity index (χ2v) is 5.96. The van der Waals surface area contributed by atoms with E-state index in [-0.39, 0.29) is 24.0 Å². The lowest BCUT2D eigenvalue weighted by Gasteiger charge is -2.42. The van der Waals surface area contributed by atoms with Crippen LogP contribution in [0.2, 0.25) is 0 Å². The summed E-state index contributed by atoms with van der Waals surface area (Å²) in [4.78, 5) is 26.2. The molecule has 2 fully saturated rings. The van der Waals surface area contributed by atoms with Crippen molar-refractivity contribution in [2.75, 3.05) is 13.2 Å². The molecule has 2 aliphatic heterocycles. The topological polar surface area (TPSA) is 58.6 Å². The normalized spacial score (nSPS) is 30.6. The molecule has 2 heterocycles. The third-order valence-electron chi connectivity index (χ3n) is 4.01. The predicted molar refractivity (Wildman–Crippen MR) is 71.6 cm³/mol. The average Bonchev–Trinajstić information content (AvgIpc) is 2.84. The van der Waals surface area contributed by atoms with Crippen molar-refractivity contribution < 1.29 is 14.3 Å². The molecule has 0 spiro atoms. The quantitative estimate of drug-likeness (QED) is 0.829. The number of carbonyl (C=O) groups excluding carboxylic acids is 2. The summed E-state index contributed by atoms with van der Waals surface area (Å²) in [5.74, 6) is -0.0311. The van der Waals surface area contributed by atoms with E-state index in [1.807, 2.05) is 6.92 Å². The van der Waals surface area contributed by atoms with Crippen molar-refractivity contribution in [3.05, 3.63) is 0 Å². The van der Waals surface area contributed by atoms with Gasteiger partial charge in [0.25, 0.3) is 0 Å². The van der Waals surface area contributed by atoms with Crippen LogP contribution in [-0.2, 0) is 14.3 Å². The molecule has 5 heteroatoms. The van der Waals surface area contributed by atoms with Gasteiger partial charge in [-0.1, -0.05) is 6.92 Å². The minimum Gasteiger partial charge on any atom is -0.378 e. The Kier molecular flexibility index (Phi) is 4.13. The molecular formula is C14H24N2O3. The van der Waals surface area contributed by atoms with Gasteiger partial charge in [0.2, 0.25) is 11.8 Å². The lowest BCUT2D eigenvalue weighted by Crippen LogP contribution is -2.68. The van der Waals surface area contributed by atoms with Crippen molar-refractivity contribution >= 4 is 11.8 Å². The fraction of sp³-hybridized carbons (Fsp3) is 0.857. The summed E-state index contributed by atoms with van der Waals surface area (Å²) in [6.45, 7) is 6.89. The minimum absolute atomic E-state index is 0.0111. The zero-order valence-electron chi connectivity index (χ0n) is 12.1. The van der Waals surface area contributed by atoms with Gasteiger partial charge in [0.15, 0.2) is 0 Å². The second-order valence-electron chi connectivity index (χ2n) is 5.96. The molecule has 2 atom stereocenters. The van der Waals surface area contributed by atoms with E-state index in [2.05, 4.69) is 5.32 Å². The van der Waals surface area contributed by atoms with E-state index in [1.165, 1.54) is 0 Å². The van der Waals surface area contributed by atoms with Crippen molar-refractivity contribution in [3.63, 3.8) is 0 Å². The van der Waals surface area contributed by atoms with Crippen molar-refractivity contribution in [2.24, 2.45) is 0 Å². The maximum Gasteiger partial charge on any atom is 0.248 e. The Balaban J connectivity index is 2.04. The number of nitrogens with zero attached hydrogens (tertiary/aromatic N) is 1. The number of rotatable bonds is 4. The number of hydrogen-bond donors (Lipinski definition) is 1. The largest absolute Gasteiger partial charge is 0.378 e. The highest BCUT2D eigenvalue weighted by molar-refractivity contribution is 5.99. The number of piperazine rings is 1. The molecule has 0 aromatic carbocycles. The first kappa shape index (κ1) is 14.3. The van der Waals surface area contributed by atoms with Crippen LogP contribution in [0.5, 0.6) is 0 Å². The van der Waals surface area contributed by atoms with Gasteiger partial charge in [-0.3, -0.25) is 9.59 Å². The van der Waals surface area contributed by atoms with Crippen LogP contribution in [0.1, 0.15) is 46.5 Å². The molecule has 0 aliphatic carbocycles. The van der Waals surface area contributed by atoms with E-state index >= 15 is 0 Å². The number of ether oxygens (including phenoxy) is 1.